The van der Waals surface area contributed by atoms with Crippen molar-refractivity contribution in [2.24, 2.45) is 0 Å². The molecule has 0 spiro atoms. The number of aryl methyl sites for hydroxylation is 1. The van der Waals surface area contributed by atoms with Gasteiger partial charge in [-0.25, -0.2) is 0 Å². The molecule has 0 amide bonds. The van der Waals surface area contributed by atoms with Crippen molar-refractivity contribution in [3.63, 3.8) is 0 Å². The maximum Gasteiger partial charge on any atom is 0.389 e. The molecule has 1 unspecified atom stereocenters. The molecule has 4 heteroatoms. The summed E-state index contributed by atoms with van der Waals surface area (Å²) >= 11 is 0. The van der Waals surface area contributed by atoms with Crippen molar-refractivity contribution in [1.82, 2.24) is 5.32 Å². The first-order valence-electron chi connectivity index (χ1n) is 6.20. The average molecular weight is 259 g/mol. The maximum atomic E-state index is 12.1. The number of hydrogen-bond donors (Lipinski definition) is 1. The van der Waals surface area contributed by atoms with Crippen molar-refractivity contribution in [2.45, 2.75) is 44.8 Å². The summed E-state index contributed by atoms with van der Waals surface area (Å²) in [5, 5.41) is 3.09. The van der Waals surface area contributed by atoms with Crippen LogP contribution in [0.5, 0.6) is 0 Å². The van der Waals surface area contributed by atoms with E-state index in [1.165, 1.54) is 11.1 Å². The van der Waals surface area contributed by atoms with Crippen molar-refractivity contribution in [1.29, 1.82) is 0 Å². The van der Waals surface area contributed by atoms with Crippen molar-refractivity contribution in [3.05, 3.63) is 35.4 Å². The van der Waals surface area contributed by atoms with E-state index in [1.54, 1.807) is 7.05 Å². The van der Waals surface area contributed by atoms with Gasteiger partial charge in [0.1, 0.15) is 0 Å². The molecule has 0 aliphatic carbocycles. The first-order chi connectivity index (χ1) is 8.40. The van der Waals surface area contributed by atoms with E-state index in [-0.39, 0.29) is 12.5 Å². The summed E-state index contributed by atoms with van der Waals surface area (Å²) in [7, 11) is 1.80. The number of benzene rings is 1. The molecule has 0 aliphatic rings. The normalized spacial score (nSPS) is 13.6. The van der Waals surface area contributed by atoms with Crippen LogP contribution in [-0.4, -0.2) is 19.3 Å². The Morgan fingerprint density at radius 2 is 2.00 bits per heavy atom. The Bertz CT molecular complexity index is 360. The van der Waals surface area contributed by atoms with Gasteiger partial charge in [0, 0.05) is 12.5 Å². The number of alkyl halides is 3. The zero-order valence-corrected chi connectivity index (χ0v) is 10.8. The van der Waals surface area contributed by atoms with Gasteiger partial charge < -0.3 is 5.32 Å². The summed E-state index contributed by atoms with van der Waals surface area (Å²) in [6.07, 6.45) is -3.23. The molecule has 0 fully saturated rings. The van der Waals surface area contributed by atoms with Gasteiger partial charge in [-0.15, -0.1) is 0 Å². The second kappa shape index (κ2) is 6.78. The largest absolute Gasteiger partial charge is 0.389 e. The van der Waals surface area contributed by atoms with Crippen LogP contribution in [0.1, 0.15) is 30.4 Å². The molecular formula is C14H20F3N. The lowest BCUT2D eigenvalue weighted by Gasteiger charge is -2.17. The van der Waals surface area contributed by atoms with E-state index in [0.29, 0.717) is 6.42 Å². The summed E-state index contributed by atoms with van der Waals surface area (Å²) in [5.74, 6) is 0. The van der Waals surface area contributed by atoms with E-state index in [9.17, 15) is 13.2 Å². The van der Waals surface area contributed by atoms with Crippen LogP contribution in [0.25, 0.3) is 0 Å². The molecule has 0 radical (unpaired) electrons. The molecule has 1 rings (SSSR count). The number of likely N-dealkylation sites (N-methyl/N-ethyl adjacent to an activating group) is 1. The quantitative estimate of drug-likeness (QED) is 0.818. The Balaban J connectivity index is 2.42. The highest BCUT2D eigenvalue weighted by Crippen LogP contribution is 2.23. The van der Waals surface area contributed by atoms with E-state index in [4.69, 9.17) is 0 Å². The average Bonchev–Trinajstić information content (AvgIpc) is 2.26. The highest BCUT2D eigenvalue weighted by molar-refractivity contribution is 5.22. The van der Waals surface area contributed by atoms with Crippen LogP contribution in [0, 0.1) is 6.92 Å². The van der Waals surface area contributed by atoms with Gasteiger partial charge in [-0.3, -0.25) is 0 Å². The lowest BCUT2D eigenvalue weighted by Crippen LogP contribution is -2.28. The van der Waals surface area contributed by atoms with Crippen LogP contribution in [0.4, 0.5) is 13.2 Å². The van der Waals surface area contributed by atoms with E-state index < -0.39 is 12.6 Å². The van der Waals surface area contributed by atoms with Gasteiger partial charge in [0.15, 0.2) is 0 Å². The molecule has 0 saturated carbocycles. The van der Waals surface area contributed by atoms with Crippen LogP contribution in [-0.2, 0) is 6.42 Å². The fourth-order valence-electron chi connectivity index (χ4n) is 2.02. The van der Waals surface area contributed by atoms with Crippen LogP contribution in [0.3, 0.4) is 0 Å². The third kappa shape index (κ3) is 6.05. The highest BCUT2D eigenvalue weighted by Gasteiger charge is 2.26. The van der Waals surface area contributed by atoms with Crippen molar-refractivity contribution in [2.75, 3.05) is 7.05 Å². The molecule has 18 heavy (non-hydrogen) atoms. The number of nitrogens with one attached hydrogen (secondary N) is 1. The zero-order valence-electron chi connectivity index (χ0n) is 10.8. The van der Waals surface area contributed by atoms with Gasteiger partial charge in [-0.2, -0.15) is 13.2 Å². The zero-order chi connectivity index (χ0) is 13.6. The van der Waals surface area contributed by atoms with E-state index in [1.807, 2.05) is 25.1 Å². The Kier molecular flexibility index (Phi) is 5.66. The monoisotopic (exact) mass is 259 g/mol. The molecule has 1 aromatic rings. The first kappa shape index (κ1) is 15.0. The van der Waals surface area contributed by atoms with Gasteiger partial charge in [0.2, 0.25) is 0 Å². The lowest BCUT2D eigenvalue weighted by atomic mass is 10.00. The minimum atomic E-state index is -4.04. The second-order valence-electron chi connectivity index (χ2n) is 4.69. The summed E-state index contributed by atoms with van der Waals surface area (Å²) in [4.78, 5) is 0. The Morgan fingerprint density at radius 3 is 2.56 bits per heavy atom. The molecule has 1 aromatic carbocycles. The van der Waals surface area contributed by atoms with Crippen LogP contribution in [0.15, 0.2) is 24.3 Å². The third-order valence-electron chi connectivity index (χ3n) is 2.99. The minimum absolute atomic E-state index is 0.106. The van der Waals surface area contributed by atoms with E-state index >= 15 is 0 Å². The third-order valence-corrected chi connectivity index (χ3v) is 2.99. The summed E-state index contributed by atoms with van der Waals surface area (Å²) in [6, 6.07) is 8.19. The second-order valence-corrected chi connectivity index (χ2v) is 4.69. The molecule has 0 bridgehead atoms. The van der Waals surface area contributed by atoms with E-state index in [2.05, 4.69) is 11.4 Å². The number of halogens is 3. The van der Waals surface area contributed by atoms with Crippen molar-refractivity contribution in [3.8, 4) is 0 Å². The summed E-state index contributed by atoms with van der Waals surface area (Å²) in [5.41, 5.74) is 2.35. The SMILES string of the molecule is CNC(CCCC(F)(F)F)Cc1cccc(C)c1. The van der Waals surface area contributed by atoms with Crippen molar-refractivity contribution >= 4 is 0 Å². The smallest absolute Gasteiger partial charge is 0.317 e. The van der Waals surface area contributed by atoms with Crippen LogP contribution in [0.2, 0.25) is 0 Å². The fraction of sp³-hybridized carbons (Fsp3) is 0.571. The standard InChI is InChI=1S/C14H20F3N/c1-11-5-3-6-12(9-11)10-13(18-2)7-4-8-14(15,16)17/h3,5-6,9,13,18H,4,7-8,10H2,1-2H3. The topological polar surface area (TPSA) is 12.0 Å². The molecule has 1 nitrogen and oxygen atoms in total. The van der Waals surface area contributed by atoms with Gasteiger partial charge in [-0.1, -0.05) is 29.8 Å². The fourth-order valence-corrected chi connectivity index (χ4v) is 2.02. The molecule has 1 atom stereocenters. The van der Waals surface area contributed by atoms with Crippen LogP contribution >= 0.6 is 0 Å². The Labute approximate surface area is 106 Å². The maximum absolute atomic E-state index is 12.1. The molecule has 102 valence electrons. The Morgan fingerprint density at radius 1 is 1.28 bits per heavy atom. The van der Waals surface area contributed by atoms with Crippen molar-refractivity contribution < 1.29 is 13.2 Å². The van der Waals surface area contributed by atoms with Gasteiger partial charge >= 0.3 is 6.18 Å². The number of hydrogen-bond acceptors (Lipinski definition) is 1. The molecule has 0 aliphatic heterocycles. The molecule has 0 aromatic heterocycles. The van der Waals surface area contributed by atoms with Crippen LogP contribution < -0.4 is 5.32 Å². The highest BCUT2D eigenvalue weighted by atomic mass is 19.4. The molecule has 1 N–H and O–H groups in total. The summed E-state index contributed by atoms with van der Waals surface area (Å²) < 4.78 is 36.2. The molecular weight excluding hydrogens is 239 g/mol. The molecule has 0 heterocycles. The lowest BCUT2D eigenvalue weighted by molar-refractivity contribution is -0.135. The minimum Gasteiger partial charge on any atom is -0.317 e. The first-order valence-corrected chi connectivity index (χ1v) is 6.20. The van der Waals surface area contributed by atoms with Gasteiger partial charge in [0.05, 0.1) is 0 Å². The Hall–Kier alpha value is -1.03. The van der Waals surface area contributed by atoms with E-state index in [0.717, 1.165) is 6.42 Å². The number of rotatable bonds is 6. The predicted molar refractivity (Wildman–Crippen MR) is 67.6 cm³/mol. The predicted octanol–water partition coefficient (Wildman–Crippen LogP) is 3.86. The molecule has 0 saturated heterocycles. The summed E-state index contributed by atoms with van der Waals surface area (Å²) in [6.45, 7) is 2.02. The van der Waals surface area contributed by atoms with Gasteiger partial charge in [0.25, 0.3) is 0 Å². The van der Waals surface area contributed by atoms with Gasteiger partial charge in [-0.05, 0) is 38.8 Å².